The normalized spacial score (nSPS) is 14.8. The van der Waals surface area contributed by atoms with Crippen LogP contribution in [0.15, 0.2) is 36.7 Å². The summed E-state index contributed by atoms with van der Waals surface area (Å²) < 4.78 is 2.49. The Morgan fingerprint density at radius 2 is 1.69 bits per heavy atom. The van der Waals surface area contributed by atoms with Gasteiger partial charge in [0.25, 0.3) is 0 Å². The Hall–Kier alpha value is -2.82. The molecule has 3 aromatic rings. The minimum Gasteiger partial charge on any atom is -0.465 e. The van der Waals surface area contributed by atoms with Crippen molar-refractivity contribution in [2.45, 2.75) is 91.0 Å². The first-order valence-corrected chi connectivity index (χ1v) is 13.6. The van der Waals surface area contributed by atoms with Gasteiger partial charge in [0.1, 0.15) is 0 Å². The number of likely N-dealkylation sites (tertiary alicyclic amines) is 1. The topological polar surface area (TPSA) is 58.4 Å². The third kappa shape index (κ3) is 5.10. The lowest BCUT2D eigenvalue weighted by atomic mass is 9.88. The Kier molecular flexibility index (Phi) is 8.15. The van der Waals surface area contributed by atoms with E-state index in [9.17, 15) is 9.90 Å². The van der Waals surface area contributed by atoms with Gasteiger partial charge in [-0.1, -0.05) is 58.7 Å². The predicted molar refractivity (Wildman–Crippen MR) is 144 cm³/mol. The van der Waals surface area contributed by atoms with Crippen LogP contribution in [-0.4, -0.2) is 38.7 Å². The van der Waals surface area contributed by atoms with Crippen molar-refractivity contribution in [2.75, 3.05) is 13.1 Å². The number of amides is 1. The fourth-order valence-electron chi connectivity index (χ4n) is 5.98. The van der Waals surface area contributed by atoms with Crippen LogP contribution in [0.4, 0.5) is 4.79 Å². The van der Waals surface area contributed by atoms with Crippen LogP contribution in [-0.2, 0) is 12.8 Å². The fraction of sp³-hybridized carbons (Fsp3) is 0.533. The number of hydrogen-bond donors (Lipinski definition) is 1. The van der Waals surface area contributed by atoms with Gasteiger partial charge < -0.3 is 14.6 Å². The van der Waals surface area contributed by atoms with Crippen molar-refractivity contribution in [3.8, 4) is 11.3 Å². The van der Waals surface area contributed by atoms with Crippen molar-refractivity contribution in [3.63, 3.8) is 0 Å². The maximum absolute atomic E-state index is 11.5. The summed E-state index contributed by atoms with van der Waals surface area (Å²) in [6.07, 6.45) is 12.1. The Labute approximate surface area is 210 Å². The molecule has 3 heterocycles. The lowest BCUT2D eigenvalue weighted by molar-refractivity contribution is 0.132. The van der Waals surface area contributed by atoms with Gasteiger partial charge in [0, 0.05) is 36.3 Å². The summed E-state index contributed by atoms with van der Waals surface area (Å²) in [4.78, 5) is 18.1. The summed E-state index contributed by atoms with van der Waals surface area (Å²) in [5.74, 6) is 0.376. The molecule has 4 rings (SSSR count). The number of aromatic nitrogens is 2. The molecule has 0 radical (unpaired) electrons. The second-order valence-corrected chi connectivity index (χ2v) is 10.0. The second kappa shape index (κ2) is 11.3. The maximum Gasteiger partial charge on any atom is 0.407 e. The van der Waals surface area contributed by atoms with Crippen LogP contribution in [0.2, 0.25) is 0 Å². The Morgan fingerprint density at radius 1 is 1.06 bits per heavy atom. The van der Waals surface area contributed by atoms with Gasteiger partial charge in [-0.2, -0.15) is 0 Å². The van der Waals surface area contributed by atoms with Crippen molar-refractivity contribution in [3.05, 3.63) is 53.3 Å². The van der Waals surface area contributed by atoms with Crippen molar-refractivity contribution >= 4 is 17.0 Å². The third-order valence-corrected chi connectivity index (χ3v) is 7.85. The molecule has 188 valence electrons. The standard InChI is InChI=1S/C30H41N3O2/c1-5-10-24(11-6-2)33-20-26(23-14-16-32(17-15-23)30(34)35)25-18-27(31-19-28(25)33)29-21(7-3)12-9-13-22(29)8-4/h9,12-13,18-20,23-24H,5-8,10-11,14-17H2,1-4H3,(H,34,35). The average Bonchev–Trinajstić information content (AvgIpc) is 3.26. The molecule has 1 amide bonds. The number of fused-ring (bicyclic) bond motifs is 1. The highest BCUT2D eigenvalue weighted by Crippen LogP contribution is 2.39. The molecule has 1 saturated heterocycles. The summed E-state index contributed by atoms with van der Waals surface area (Å²) in [5.41, 5.74) is 7.65. The maximum atomic E-state index is 11.5. The molecule has 0 spiro atoms. The zero-order valence-corrected chi connectivity index (χ0v) is 21.9. The average molecular weight is 476 g/mol. The Morgan fingerprint density at radius 3 is 2.23 bits per heavy atom. The van der Waals surface area contributed by atoms with Crippen LogP contribution in [0.3, 0.4) is 0 Å². The minimum atomic E-state index is -0.799. The zero-order valence-electron chi connectivity index (χ0n) is 21.9. The largest absolute Gasteiger partial charge is 0.465 e. The molecule has 1 aliphatic heterocycles. The summed E-state index contributed by atoms with van der Waals surface area (Å²) in [6, 6.07) is 9.42. The van der Waals surface area contributed by atoms with E-state index in [1.807, 2.05) is 0 Å². The van der Waals surface area contributed by atoms with Gasteiger partial charge in [0.05, 0.1) is 17.4 Å². The third-order valence-electron chi connectivity index (χ3n) is 7.85. The number of aryl methyl sites for hydroxylation is 2. The van der Waals surface area contributed by atoms with Crippen molar-refractivity contribution in [1.29, 1.82) is 0 Å². The first-order valence-electron chi connectivity index (χ1n) is 13.6. The molecule has 1 aromatic carbocycles. The van der Waals surface area contributed by atoms with Crippen LogP contribution in [0.5, 0.6) is 0 Å². The number of benzene rings is 1. The first kappa shape index (κ1) is 25.3. The van der Waals surface area contributed by atoms with Crippen molar-refractivity contribution in [1.82, 2.24) is 14.5 Å². The second-order valence-electron chi connectivity index (χ2n) is 10.0. The van der Waals surface area contributed by atoms with Gasteiger partial charge in [0.2, 0.25) is 0 Å². The fourth-order valence-corrected chi connectivity index (χ4v) is 5.98. The molecule has 1 N–H and O–H groups in total. The molecule has 0 aliphatic carbocycles. The van der Waals surface area contributed by atoms with Gasteiger partial charge in [-0.3, -0.25) is 4.98 Å². The van der Waals surface area contributed by atoms with Gasteiger partial charge in [-0.05, 0) is 67.2 Å². The van der Waals surface area contributed by atoms with E-state index in [0.29, 0.717) is 25.0 Å². The monoisotopic (exact) mass is 475 g/mol. The summed E-state index contributed by atoms with van der Waals surface area (Å²) in [6.45, 7) is 10.2. The van der Waals surface area contributed by atoms with Gasteiger partial charge in [-0.15, -0.1) is 0 Å². The number of carboxylic acid groups (broad SMARTS) is 1. The molecule has 1 fully saturated rings. The van der Waals surface area contributed by atoms with E-state index < -0.39 is 6.09 Å². The van der Waals surface area contributed by atoms with E-state index in [-0.39, 0.29) is 0 Å². The van der Waals surface area contributed by atoms with Gasteiger partial charge in [-0.25, -0.2) is 4.79 Å². The predicted octanol–water partition coefficient (Wildman–Crippen LogP) is 7.83. The molecular formula is C30H41N3O2. The summed E-state index contributed by atoms with van der Waals surface area (Å²) in [7, 11) is 0. The van der Waals surface area contributed by atoms with Crippen molar-refractivity contribution in [2.24, 2.45) is 0 Å². The quantitative estimate of drug-likeness (QED) is 0.343. The molecule has 0 atom stereocenters. The number of carbonyl (C=O) groups is 1. The highest BCUT2D eigenvalue weighted by atomic mass is 16.4. The molecule has 2 aromatic heterocycles. The highest BCUT2D eigenvalue weighted by molar-refractivity contribution is 5.88. The molecule has 0 saturated carbocycles. The van der Waals surface area contributed by atoms with Gasteiger partial charge in [0.15, 0.2) is 0 Å². The van der Waals surface area contributed by atoms with Crippen molar-refractivity contribution < 1.29 is 9.90 Å². The number of piperidine rings is 1. The SMILES string of the molecule is CCCC(CCC)n1cc(C2CCN(C(=O)O)CC2)c2cc(-c3c(CC)cccc3CC)ncc21. The Bertz CT molecular complexity index is 1130. The summed E-state index contributed by atoms with van der Waals surface area (Å²) in [5, 5.41) is 10.7. The molecule has 1 aliphatic rings. The van der Waals surface area contributed by atoms with E-state index in [2.05, 4.69) is 68.9 Å². The minimum absolute atomic E-state index is 0.376. The molecule has 5 heteroatoms. The molecule has 0 bridgehead atoms. The molecule has 0 unspecified atom stereocenters. The first-order chi connectivity index (χ1) is 17.0. The van der Waals surface area contributed by atoms with E-state index in [4.69, 9.17) is 4.98 Å². The van der Waals surface area contributed by atoms with Crippen LogP contribution in [0.1, 0.15) is 94.9 Å². The molecule has 5 nitrogen and oxygen atoms in total. The van der Waals surface area contributed by atoms with E-state index in [0.717, 1.165) is 57.1 Å². The lowest BCUT2D eigenvalue weighted by Gasteiger charge is -2.30. The number of nitrogens with zero attached hydrogens (tertiary/aromatic N) is 3. The Balaban J connectivity index is 1.85. The van der Waals surface area contributed by atoms with Crippen LogP contribution in [0.25, 0.3) is 22.2 Å². The smallest absolute Gasteiger partial charge is 0.407 e. The lowest BCUT2D eigenvalue weighted by Crippen LogP contribution is -2.36. The van der Waals surface area contributed by atoms with E-state index in [1.54, 1.807) is 4.90 Å². The number of hydrogen-bond acceptors (Lipinski definition) is 2. The summed E-state index contributed by atoms with van der Waals surface area (Å²) >= 11 is 0. The number of pyridine rings is 1. The molecular weight excluding hydrogens is 434 g/mol. The number of rotatable bonds is 9. The highest BCUT2D eigenvalue weighted by Gasteiger charge is 2.27. The zero-order chi connectivity index (χ0) is 24.9. The van der Waals surface area contributed by atoms with E-state index >= 15 is 0 Å². The molecule has 35 heavy (non-hydrogen) atoms. The van der Waals surface area contributed by atoms with E-state index in [1.165, 1.54) is 33.2 Å². The van der Waals surface area contributed by atoms with Crippen LogP contribution < -0.4 is 0 Å². The van der Waals surface area contributed by atoms with Crippen LogP contribution in [0, 0.1) is 0 Å². The van der Waals surface area contributed by atoms with Crippen LogP contribution >= 0.6 is 0 Å². The van der Waals surface area contributed by atoms with Gasteiger partial charge >= 0.3 is 6.09 Å².